The number of carbonyl (C=O) groups is 3. The van der Waals surface area contributed by atoms with Crippen LogP contribution in [-0.4, -0.2) is 37.2 Å². The van der Waals surface area contributed by atoms with Crippen molar-refractivity contribution in [2.45, 2.75) is 309 Å². The average molecular weight is 992 g/mol. The highest BCUT2D eigenvalue weighted by Crippen LogP contribution is 2.17. The number of ether oxygens (including phenoxy) is 3. The minimum Gasteiger partial charge on any atom is -0.462 e. The quantitative estimate of drug-likeness (QED) is 0.0261. The summed E-state index contributed by atoms with van der Waals surface area (Å²) in [4.78, 5) is 38.1. The molecule has 1 atom stereocenters. The van der Waals surface area contributed by atoms with Crippen LogP contribution in [0.25, 0.3) is 0 Å². The van der Waals surface area contributed by atoms with Crippen molar-refractivity contribution in [2.75, 3.05) is 13.2 Å². The molecule has 0 aromatic heterocycles. The van der Waals surface area contributed by atoms with Gasteiger partial charge in [0.1, 0.15) is 13.2 Å². The van der Waals surface area contributed by atoms with Crippen LogP contribution in [-0.2, 0) is 28.6 Å². The maximum Gasteiger partial charge on any atom is 0.306 e. The molecule has 0 bridgehead atoms. The Balaban J connectivity index is 4.29. The third-order valence-electron chi connectivity index (χ3n) is 13.2. The Labute approximate surface area is 440 Å². The Morgan fingerprint density at radius 2 is 0.577 bits per heavy atom. The predicted molar refractivity (Wildman–Crippen MR) is 307 cm³/mol. The first kappa shape index (κ1) is 67.8. The van der Waals surface area contributed by atoms with E-state index < -0.39 is 6.10 Å². The summed E-state index contributed by atoms with van der Waals surface area (Å²) in [6.45, 7) is 6.45. The average Bonchev–Trinajstić information content (AvgIpc) is 3.37. The molecule has 71 heavy (non-hydrogen) atoms. The van der Waals surface area contributed by atoms with E-state index in [2.05, 4.69) is 87.6 Å². The first-order valence-corrected chi connectivity index (χ1v) is 30.4. The lowest BCUT2D eigenvalue weighted by molar-refractivity contribution is -0.166. The van der Waals surface area contributed by atoms with Gasteiger partial charge < -0.3 is 14.2 Å². The molecule has 0 heterocycles. The molecule has 0 fully saturated rings. The van der Waals surface area contributed by atoms with Gasteiger partial charge in [0.2, 0.25) is 0 Å². The van der Waals surface area contributed by atoms with Gasteiger partial charge >= 0.3 is 17.9 Å². The first-order valence-electron chi connectivity index (χ1n) is 30.4. The predicted octanol–water partition coefficient (Wildman–Crippen LogP) is 20.5. The standard InChI is InChI=1S/C65H114O6/c1-4-7-10-13-16-19-22-25-27-28-29-30-31-32-33-34-35-36-38-40-43-46-49-52-55-58-64(67)70-61-62(60-69-63(66)57-54-51-48-45-42-39-24-21-18-15-12-9-6-3)71-65(68)59-56-53-50-47-44-41-37-26-23-20-17-14-11-8-5-2/h9,12,17-18,20-21,26,37,39,42,48,51,62H,4-8,10-11,13-16,19,22-25,27-36,38,40-41,43-47,49-50,52-61H2,1-3H3/b12-9-,20-17-,21-18-,37-26-,42-39-,51-48-. The largest absolute Gasteiger partial charge is 0.462 e. The number of carbonyl (C=O) groups excluding carboxylic acids is 3. The number of esters is 3. The normalized spacial score (nSPS) is 12.5. The smallest absolute Gasteiger partial charge is 0.306 e. The second-order valence-electron chi connectivity index (χ2n) is 20.2. The molecule has 6 nitrogen and oxygen atoms in total. The van der Waals surface area contributed by atoms with E-state index in [-0.39, 0.29) is 37.5 Å². The molecule has 1 unspecified atom stereocenters. The zero-order chi connectivity index (χ0) is 51.4. The Morgan fingerprint density at radius 1 is 0.296 bits per heavy atom. The van der Waals surface area contributed by atoms with E-state index in [4.69, 9.17) is 14.2 Å². The summed E-state index contributed by atoms with van der Waals surface area (Å²) >= 11 is 0. The van der Waals surface area contributed by atoms with Crippen molar-refractivity contribution in [1.29, 1.82) is 0 Å². The van der Waals surface area contributed by atoms with Crippen molar-refractivity contribution in [1.82, 2.24) is 0 Å². The minimum atomic E-state index is -0.810. The fourth-order valence-corrected chi connectivity index (χ4v) is 8.67. The lowest BCUT2D eigenvalue weighted by atomic mass is 10.0. The zero-order valence-corrected chi connectivity index (χ0v) is 47.0. The van der Waals surface area contributed by atoms with Crippen LogP contribution in [0.5, 0.6) is 0 Å². The van der Waals surface area contributed by atoms with Crippen LogP contribution in [0.1, 0.15) is 303 Å². The van der Waals surface area contributed by atoms with Crippen molar-refractivity contribution >= 4 is 17.9 Å². The van der Waals surface area contributed by atoms with Crippen LogP contribution in [0.2, 0.25) is 0 Å². The van der Waals surface area contributed by atoms with E-state index in [0.717, 1.165) is 89.9 Å². The van der Waals surface area contributed by atoms with Crippen LogP contribution in [0.3, 0.4) is 0 Å². The molecule has 0 saturated carbocycles. The Morgan fingerprint density at radius 3 is 0.972 bits per heavy atom. The van der Waals surface area contributed by atoms with Gasteiger partial charge in [0.25, 0.3) is 0 Å². The van der Waals surface area contributed by atoms with Crippen molar-refractivity contribution in [3.63, 3.8) is 0 Å². The summed E-state index contributed by atoms with van der Waals surface area (Å²) in [5, 5.41) is 0. The highest BCUT2D eigenvalue weighted by atomic mass is 16.6. The van der Waals surface area contributed by atoms with E-state index in [1.54, 1.807) is 0 Å². The highest BCUT2D eigenvalue weighted by Gasteiger charge is 2.19. The summed E-state index contributed by atoms with van der Waals surface area (Å²) in [7, 11) is 0. The summed E-state index contributed by atoms with van der Waals surface area (Å²) in [5.41, 5.74) is 0. The molecule has 0 N–H and O–H groups in total. The van der Waals surface area contributed by atoms with Crippen LogP contribution < -0.4 is 0 Å². The van der Waals surface area contributed by atoms with E-state index in [0.29, 0.717) is 19.3 Å². The Bertz CT molecular complexity index is 1320. The number of hydrogen-bond donors (Lipinski definition) is 0. The fourth-order valence-electron chi connectivity index (χ4n) is 8.67. The Kier molecular flexibility index (Phi) is 56.8. The topological polar surface area (TPSA) is 78.9 Å². The molecule has 0 aromatic carbocycles. The van der Waals surface area contributed by atoms with Crippen molar-refractivity contribution in [2.24, 2.45) is 0 Å². The second kappa shape index (κ2) is 59.4. The van der Waals surface area contributed by atoms with Crippen molar-refractivity contribution < 1.29 is 28.6 Å². The molecule has 0 aliphatic rings. The molecule has 6 heteroatoms. The SMILES string of the molecule is CC/C=C\C/C=C\C/C=C\C/C=C\CCC(=O)OCC(COC(=O)CCCCCCCCCCCCCCCCCCCCCCCCCCC)OC(=O)CCCCCCC/C=C\C/C=C\CCCCC. The highest BCUT2D eigenvalue weighted by molar-refractivity contribution is 5.71. The van der Waals surface area contributed by atoms with Gasteiger partial charge in [0.05, 0.1) is 0 Å². The lowest BCUT2D eigenvalue weighted by Crippen LogP contribution is -2.30. The maximum absolute atomic E-state index is 12.8. The molecule has 0 spiro atoms. The molecule has 0 amide bonds. The third-order valence-corrected chi connectivity index (χ3v) is 13.2. The van der Waals surface area contributed by atoms with Gasteiger partial charge in [0.15, 0.2) is 6.10 Å². The molecule has 0 radical (unpaired) electrons. The van der Waals surface area contributed by atoms with Gasteiger partial charge in [-0.1, -0.05) is 280 Å². The van der Waals surface area contributed by atoms with Crippen LogP contribution in [0, 0.1) is 0 Å². The van der Waals surface area contributed by atoms with Gasteiger partial charge in [-0.3, -0.25) is 14.4 Å². The second-order valence-corrected chi connectivity index (χ2v) is 20.2. The van der Waals surface area contributed by atoms with E-state index >= 15 is 0 Å². The van der Waals surface area contributed by atoms with E-state index in [1.807, 2.05) is 6.08 Å². The fraction of sp³-hybridized carbons (Fsp3) is 0.769. The first-order chi connectivity index (χ1) is 35.0. The Hall–Kier alpha value is -3.15. The van der Waals surface area contributed by atoms with Crippen LogP contribution in [0.15, 0.2) is 72.9 Å². The molecule has 0 saturated heterocycles. The molecule has 0 aromatic rings. The zero-order valence-electron chi connectivity index (χ0n) is 47.0. The molecular weight excluding hydrogens is 877 g/mol. The summed E-state index contributed by atoms with van der Waals surface area (Å²) in [6, 6.07) is 0. The number of allylic oxidation sites excluding steroid dienone is 12. The number of rotatable bonds is 55. The van der Waals surface area contributed by atoms with Crippen LogP contribution >= 0.6 is 0 Å². The monoisotopic (exact) mass is 991 g/mol. The van der Waals surface area contributed by atoms with Crippen molar-refractivity contribution in [3.8, 4) is 0 Å². The molecule has 0 aliphatic heterocycles. The van der Waals surface area contributed by atoms with E-state index in [1.165, 1.54) is 167 Å². The van der Waals surface area contributed by atoms with Gasteiger partial charge in [-0.05, 0) is 77.0 Å². The number of unbranched alkanes of at least 4 members (excludes halogenated alkanes) is 32. The van der Waals surface area contributed by atoms with Crippen LogP contribution in [0.4, 0.5) is 0 Å². The summed E-state index contributed by atoms with van der Waals surface area (Å²) in [5.74, 6) is -0.990. The van der Waals surface area contributed by atoms with Crippen molar-refractivity contribution in [3.05, 3.63) is 72.9 Å². The molecule has 0 aliphatic carbocycles. The van der Waals surface area contributed by atoms with Gasteiger partial charge in [0, 0.05) is 19.3 Å². The van der Waals surface area contributed by atoms with Gasteiger partial charge in [-0.2, -0.15) is 0 Å². The lowest BCUT2D eigenvalue weighted by Gasteiger charge is -2.18. The molecular formula is C65H114O6. The molecule has 410 valence electrons. The van der Waals surface area contributed by atoms with E-state index in [9.17, 15) is 14.4 Å². The van der Waals surface area contributed by atoms with Gasteiger partial charge in [-0.15, -0.1) is 0 Å². The minimum absolute atomic E-state index is 0.101. The van der Waals surface area contributed by atoms with Gasteiger partial charge in [-0.25, -0.2) is 0 Å². The molecule has 0 rings (SSSR count). The summed E-state index contributed by atoms with van der Waals surface area (Å²) < 4.78 is 16.8. The third kappa shape index (κ3) is 57.6. The maximum atomic E-state index is 12.8. The number of hydrogen-bond acceptors (Lipinski definition) is 6. The summed E-state index contributed by atoms with van der Waals surface area (Å²) in [6.07, 6.45) is 76.5.